The van der Waals surface area contributed by atoms with Crippen LogP contribution in [-0.4, -0.2) is 42.4 Å². The van der Waals surface area contributed by atoms with Crippen LogP contribution in [-0.2, 0) is 4.74 Å². The summed E-state index contributed by atoms with van der Waals surface area (Å²) in [6.07, 6.45) is -0.241. The van der Waals surface area contributed by atoms with Crippen molar-refractivity contribution >= 4 is 15.9 Å². The number of aliphatic hydroxyl groups is 1. The number of morpholine rings is 1. The smallest absolute Gasteiger partial charge is 0.129 e. The molecule has 0 saturated carbocycles. The van der Waals surface area contributed by atoms with E-state index in [1.165, 1.54) is 6.07 Å². The maximum atomic E-state index is 13.8. The minimum Gasteiger partial charge on any atom is -0.386 e. The average Bonchev–Trinajstić information content (AvgIpc) is 2.41. The van der Waals surface area contributed by atoms with Crippen LogP contribution in [0.5, 0.6) is 0 Å². The first-order chi connectivity index (χ1) is 9.11. The van der Waals surface area contributed by atoms with Gasteiger partial charge in [-0.3, -0.25) is 4.90 Å². The van der Waals surface area contributed by atoms with Crippen molar-refractivity contribution in [2.75, 3.05) is 26.2 Å². The second-order valence-electron chi connectivity index (χ2n) is 4.82. The number of halogens is 2. The summed E-state index contributed by atoms with van der Waals surface area (Å²) in [5.74, 6) is -0.396. The Hall–Kier alpha value is -0.490. The molecule has 1 aliphatic rings. The van der Waals surface area contributed by atoms with Gasteiger partial charge in [0, 0.05) is 23.1 Å². The van der Waals surface area contributed by atoms with Gasteiger partial charge in [-0.2, -0.15) is 0 Å². The van der Waals surface area contributed by atoms with E-state index in [2.05, 4.69) is 27.8 Å². The first-order valence-corrected chi connectivity index (χ1v) is 7.38. The number of benzene rings is 1. The molecule has 0 radical (unpaired) electrons. The third kappa shape index (κ3) is 3.75. The molecule has 0 spiro atoms. The van der Waals surface area contributed by atoms with E-state index in [-0.39, 0.29) is 11.7 Å². The highest BCUT2D eigenvalue weighted by Gasteiger charge is 2.29. The van der Waals surface area contributed by atoms with E-state index in [4.69, 9.17) is 4.74 Å². The Kier molecular flexibility index (Phi) is 5.33. The van der Waals surface area contributed by atoms with Gasteiger partial charge in [0.15, 0.2) is 0 Å². The zero-order valence-corrected chi connectivity index (χ0v) is 12.6. The van der Waals surface area contributed by atoms with Crippen molar-refractivity contribution in [1.82, 2.24) is 4.90 Å². The normalized spacial score (nSPS) is 22.4. The Morgan fingerprint density at radius 3 is 3.11 bits per heavy atom. The SMILES string of the molecule is CCCN1CCOC(C(O)c2cc(Br)ccc2F)C1. The van der Waals surface area contributed by atoms with Crippen LogP contribution in [0.1, 0.15) is 25.0 Å². The Bertz CT molecular complexity index is 428. The summed E-state index contributed by atoms with van der Waals surface area (Å²) in [6.45, 7) is 5.19. The lowest BCUT2D eigenvalue weighted by Crippen LogP contribution is -2.45. The number of aliphatic hydroxyl groups excluding tert-OH is 1. The lowest BCUT2D eigenvalue weighted by Gasteiger charge is -2.35. The minimum absolute atomic E-state index is 0.290. The standard InChI is InChI=1S/C14H19BrFNO2/c1-2-5-17-6-7-19-13(9-17)14(18)11-8-10(15)3-4-12(11)16/h3-4,8,13-14,18H,2,5-7,9H2,1H3. The number of rotatable bonds is 4. The third-order valence-corrected chi connectivity index (χ3v) is 3.84. The van der Waals surface area contributed by atoms with Crippen molar-refractivity contribution in [3.63, 3.8) is 0 Å². The fraction of sp³-hybridized carbons (Fsp3) is 0.571. The van der Waals surface area contributed by atoms with Crippen LogP contribution < -0.4 is 0 Å². The summed E-state index contributed by atoms with van der Waals surface area (Å²) in [6, 6.07) is 4.59. The summed E-state index contributed by atoms with van der Waals surface area (Å²) in [7, 11) is 0. The van der Waals surface area contributed by atoms with Crippen molar-refractivity contribution in [2.45, 2.75) is 25.6 Å². The van der Waals surface area contributed by atoms with E-state index in [0.717, 1.165) is 24.0 Å². The number of hydrogen-bond donors (Lipinski definition) is 1. The van der Waals surface area contributed by atoms with Gasteiger partial charge in [-0.25, -0.2) is 4.39 Å². The lowest BCUT2D eigenvalue weighted by molar-refractivity contribution is -0.0907. The van der Waals surface area contributed by atoms with Gasteiger partial charge in [0.2, 0.25) is 0 Å². The van der Waals surface area contributed by atoms with Gasteiger partial charge in [0.25, 0.3) is 0 Å². The van der Waals surface area contributed by atoms with Crippen LogP contribution in [0.2, 0.25) is 0 Å². The zero-order chi connectivity index (χ0) is 13.8. The van der Waals surface area contributed by atoms with Crippen LogP contribution in [0.3, 0.4) is 0 Å². The van der Waals surface area contributed by atoms with Crippen molar-refractivity contribution < 1.29 is 14.2 Å². The van der Waals surface area contributed by atoms with E-state index in [0.29, 0.717) is 13.2 Å². The van der Waals surface area contributed by atoms with E-state index in [9.17, 15) is 9.50 Å². The summed E-state index contributed by atoms with van der Waals surface area (Å²) >= 11 is 3.30. The molecule has 2 atom stereocenters. The second kappa shape index (κ2) is 6.79. The molecular weight excluding hydrogens is 313 g/mol. The largest absolute Gasteiger partial charge is 0.386 e. The number of nitrogens with zero attached hydrogens (tertiary/aromatic N) is 1. The Labute approximate surface area is 121 Å². The quantitative estimate of drug-likeness (QED) is 0.920. The minimum atomic E-state index is -0.933. The molecule has 1 aliphatic heterocycles. The summed E-state index contributed by atoms with van der Waals surface area (Å²) in [5, 5.41) is 10.3. The molecule has 1 heterocycles. The summed E-state index contributed by atoms with van der Waals surface area (Å²) in [4.78, 5) is 2.24. The highest BCUT2D eigenvalue weighted by Crippen LogP contribution is 2.27. The molecule has 5 heteroatoms. The van der Waals surface area contributed by atoms with E-state index in [1.807, 2.05) is 0 Å². The van der Waals surface area contributed by atoms with Crippen LogP contribution >= 0.6 is 15.9 Å². The van der Waals surface area contributed by atoms with Gasteiger partial charge in [-0.1, -0.05) is 22.9 Å². The van der Waals surface area contributed by atoms with Gasteiger partial charge in [0.05, 0.1) is 6.61 Å². The van der Waals surface area contributed by atoms with Gasteiger partial charge in [-0.15, -0.1) is 0 Å². The first kappa shape index (κ1) is 14.9. The summed E-state index contributed by atoms with van der Waals surface area (Å²) in [5.41, 5.74) is 0.290. The molecule has 1 N–H and O–H groups in total. The van der Waals surface area contributed by atoms with Crippen LogP contribution in [0.15, 0.2) is 22.7 Å². The van der Waals surface area contributed by atoms with Crippen molar-refractivity contribution in [3.8, 4) is 0 Å². The second-order valence-corrected chi connectivity index (χ2v) is 5.74. The molecular formula is C14H19BrFNO2. The molecule has 0 amide bonds. The molecule has 1 saturated heterocycles. The Morgan fingerprint density at radius 2 is 2.37 bits per heavy atom. The van der Waals surface area contributed by atoms with Gasteiger partial charge in [0.1, 0.15) is 18.0 Å². The first-order valence-electron chi connectivity index (χ1n) is 6.58. The fourth-order valence-corrected chi connectivity index (χ4v) is 2.76. The topological polar surface area (TPSA) is 32.7 Å². The van der Waals surface area contributed by atoms with Gasteiger partial charge in [-0.05, 0) is 31.2 Å². The van der Waals surface area contributed by atoms with Crippen LogP contribution in [0.4, 0.5) is 4.39 Å². The molecule has 0 aliphatic carbocycles. The highest BCUT2D eigenvalue weighted by atomic mass is 79.9. The Morgan fingerprint density at radius 1 is 1.58 bits per heavy atom. The number of ether oxygens (including phenoxy) is 1. The molecule has 2 rings (SSSR count). The third-order valence-electron chi connectivity index (χ3n) is 3.35. The highest BCUT2D eigenvalue weighted by molar-refractivity contribution is 9.10. The lowest BCUT2D eigenvalue weighted by atomic mass is 10.0. The van der Waals surface area contributed by atoms with E-state index in [1.54, 1.807) is 12.1 Å². The molecule has 0 aromatic heterocycles. The molecule has 19 heavy (non-hydrogen) atoms. The molecule has 1 fully saturated rings. The average molecular weight is 332 g/mol. The molecule has 3 nitrogen and oxygen atoms in total. The zero-order valence-electron chi connectivity index (χ0n) is 11.0. The molecule has 0 bridgehead atoms. The Balaban J connectivity index is 2.10. The monoisotopic (exact) mass is 331 g/mol. The maximum absolute atomic E-state index is 13.8. The van der Waals surface area contributed by atoms with Crippen molar-refractivity contribution in [1.29, 1.82) is 0 Å². The fourth-order valence-electron chi connectivity index (χ4n) is 2.38. The summed E-state index contributed by atoms with van der Waals surface area (Å²) < 4.78 is 20.1. The maximum Gasteiger partial charge on any atom is 0.129 e. The van der Waals surface area contributed by atoms with Gasteiger partial charge >= 0.3 is 0 Å². The van der Waals surface area contributed by atoms with Crippen molar-refractivity contribution in [3.05, 3.63) is 34.1 Å². The number of hydrogen-bond acceptors (Lipinski definition) is 3. The molecule has 1 aromatic carbocycles. The van der Waals surface area contributed by atoms with Crippen LogP contribution in [0, 0.1) is 5.82 Å². The van der Waals surface area contributed by atoms with Gasteiger partial charge < -0.3 is 9.84 Å². The predicted molar refractivity (Wildman–Crippen MR) is 75.5 cm³/mol. The van der Waals surface area contributed by atoms with Crippen LogP contribution in [0.25, 0.3) is 0 Å². The van der Waals surface area contributed by atoms with E-state index >= 15 is 0 Å². The molecule has 106 valence electrons. The van der Waals surface area contributed by atoms with Crippen molar-refractivity contribution in [2.24, 2.45) is 0 Å². The molecule has 2 unspecified atom stereocenters. The van der Waals surface area contributed by atoms with E-state index < -0.39 is 11.9 Å². The predicted octanol–water partition coefficient (Wildman–Crippen LogP) is 2.73. The molecule has 1 aromatic rings.